The maximum atomic E-state index is 5.99. The molecule has 19 heavy (non-hydrogen) atoms. The summed E-state index contributed by atoms with van der Waals surface area (Å²) >= 11 is 0. The van der Waals surface area contributed by atoms with Crippen molar-refractivity contribution in [2.24, 2.45) is 11.7 Å². The number of rotatable bonds is 7. The Morgan fingerprint density at radius 3 is 2.47 bits per heavy atom. The van der Waals surface area contributed by atoms with Crippen molar-refractivity contribution in [1.82, 2.24) is 0 Å². The first-order chi connectivity index (χ1) is 9.08. The molecule has 106 valence electrons. The Bertz CT molecular complexity index is 394. The minimum atomic E-state index is 0.229. The van der Waals surface area contributed by atoms with Crippen LogP contribution < -0.4 is 10.6 Å². The second kappa shape index (κ2) is 6.42. The average Bonchev–Trinajstić information content (AvgIpc) is 3.14. The van der Waals surface area contributed by atoms with E-state index in [2.05, 4.69) is 49.9 Å². The molecule has 1 unspecified atom stereocenters. The fourth-order valence-corrected chi connectivity index (χ4v) is 2.59. The van der Waals surface area contributed by atoms with Crippen LogP contribution in [0.1, 0.15) is 45.6 Å². The minimum absolute atomic E-state index is 0.229. The molecule has 2 heteroatoms. The van der Waals surface area contributed by atoms with Gasteiger partial charge >= 0.3 is 0 Å². The molecule has 0 saturated heterocycles. The molecule has 2 rings (SSSR count). The third kappa shape index (κ3) is 4.24. The maximum absolute atomic E-state index is 5.99. The second-order valence-electron chi connectivity index (χ2n) is 6.42. The topological polar surface area (TPSA) is 29.3 Å². The zero-order chi connectivity index (χ0) is 13.8. The van der Waals surface area contributed by atoms with Gasteiger partial charge in [0.1, 0.15) is 0 Å². The molecule has 2 nitrogen and oxygen atoms in total. The fraction of sp³-hybridized carbons (Fsp3) is 0.647. The minimum Gasteiger partial charge on any atom is -0.368 e. The summed E-state index contributed by atoms with van der Waals surface area (Å²) in [6, 6.07) is 9.81. The number of hydrogen-bond donors (Lipinski definition) is 1. The molecule has 0 aromatic heterocycles. The van der Waals surface area contributed by atoms with Crippen LogP contribution in [0.15, 0.2) is 24.3 Å². The Morgan fingerprint density at radius 2 is 1.89 bits per heavy atom. The molecule has 1 fully saturated rings. The highest BCUT2D eigenvalue weighted by Gasteiger charge is 2.30. The van der Waals surface area contributed by atoms with Crippen molar-refractivity contribution in [2.45, 2.75) is 58.5 Å². The van der Waals surface area contributed by atoms with Crippen molar-refractivity contribution in [1.29, 1.82) is 0 Å². The summed E-state index contributed by atoms with van der Waals surface area (Å²) in [7, 11) is 0. The van der Waals surface area contributed by atoms with Crippen LogP contribution in [0.4, 0.5) is 5.69 Å². The first-order valence-electron chi connectivity index (χ1n) is 7.68. The van der Waals surface area contributed by atoms with E-state index in [1.165, 1.54) is 37.1 Å². The van der Waals surface area contributed by atoms with Gasteiger partial charge in [0.15, 0.2) is 0 Å². The van der Waals surface area contributed by atoms with E-state index in [9.17, 15) is 0 Å². The number of benzene rings is 1. The monoisotopic (exact) mass is 260 g/mol. The largest absolute Gasteiger partial charge is 0.368 e. The van der Waals surface area contributed by atoms with Gasteiger partial charge in [-0.2, -0.15) is 0 Å². The molecule has 1 aromatic carbocycles. The van der Waals surface area contributed by atoms with Gasteiger partial charge in [-0.3, -0.25) is 0 Å². The van der Waals surface area contributed by atoms with E-state index in [-0.39, 0.29) is 6.04 Å². The van der Waals surface area contributed by atoms with Crippen molar-refractivity contribution in [3.05, 3.63) is 29.8 Å². The van der Waals surface area contributed by atoms with Crippen molar-refractivity contribution in [3.8, 4) is 0 Å². The van der Waals surface area contributed by atoms with Gasteiger partial charge in [-0.15, -0.1) is 0 Å². The van der Waals surface area contributed by atoms with Crippen molar-refractivity contribution in [3.63, 3.8) is 0 Å². The first kappa shape index (κ1) is 14.4. The van der Waals surface area contributed by atoms with Gasteiger partial charge < -0.3 is 10.6 Å². The van der Waals surface area contributed by atoms with Crippen LogP contribution >= 0.6 is 0 Å². The van der Waals surface area contributed by atoms with Gasteiger partial charge in [0.25, 0.3) is 0 Å². The Kier molecular flexibility index (Phi) is 4.87. The van der Waals surface area contributed by atoms with Crippen LogP contribution in [0.3, 0.4) is 0 Å². The molecule has 1 atom stereocenters. The second-order valence-corrected chi connectivity index (χ2v) is 6.42. The molecular weight excluding hydrogens is 232 g/mol. The number of nitrogens with two attached hydrogens (primary N) is 1. The van der Waals surface area contributed by atoms with Gasteiger partial charge in [0, 0.05) is 24.3 Å². The summed E-state index contributed by atoms with van der Waals surface area (Å²) in [6.45, 7) is 7.88. The van der Waals surface area contributed by atoms with E-state index in [0.29, 0.717) is 0 Å². The Balaban J connectivity index is 2.15. The molecule has 0 amide bonds. The predicted molar refractivity (Wildman–Crippen MR) is 83.6 cm³/mol. The number of nitrogens with zero attached hydrogens (tertiary/aromatic N) is 1. The number of anilines is 1. The summed E-state index contributed by atoms with van der Waals surface area (Å²) < 4.78 is 0. The average molecular weight is 260 g/mol. The van der Waals surface area contributed by atoms with E-state index >= 15 is 0 Å². The zero-order valence-electron chi connectivity index (χ0n) is 12.6. The Labute approximate surface area is 118 Å². The molecule has 1 aromatic rings. The highest BCUT2D eigenvalue weighted by Crippen LogP contribution is 2.34. The lowest BCUT2D eigenvalue weighted by molar-refractivity contribution is 0.569. The third-order valence-electron chi connectivity index (χ3n) is 3.78. The molecule has 0 heterocycles. The lowest BCUT2D eigenvalue weighted by atomic mass is 10.0. The Morgan fingerprint density at radius 1 is 1.21 bits per heavy atom. The van der Waals surface area contributed by atoms with E-state index in [0.717, 1.165) is 18.4 Å². The van der Waals surface area contributed by atoms with Crippen LogP contribution in [-0.4, -0.2) is 18.6 Å². The van der Waals surface area contributed by atoms with Crippen molar-refractivity contribution >= 4 is 5.69 Å². The fourth-order valence-electron chi connectivity index (χ4n) is 2.59. The summed E-state index contributed by atoms with van der Waals surface area (Å²) in [5, 5.41) is 0. The van der Waals surface area contributed by atoms with Crippen LogP contribution in [-0.2, 0) is 6.42 Å². The number of hydrogen-bond acceptors (Lipinski definition) is 2. The van der Waals surface area contributed by atoms with E-state index in [1.807, 2.05) is 0 Å². The lowest BCUT2D eigenvalue weighted by Crippen LogP contribution is -2.29. The summed E-state index contributed by atoms with van der Waals surface area (Å²) in [6.07, 6.45) is 4.94. The van der Waals surface area contributed by atoms with Gasteiger partial charge in [-0.1, -0.05) is 32.0 Å². The molecular formula is C17H28N2. The van der Waals surface area contributed by atoms with Crippen molar-refractivity contribution in [2.75, 3.05) is 11.4 Å². The third-order valence-corrected chi connectivity index (χ3v) is 3.78. The highest BCUT2D eigenvalue weighted by molar-refractivity contribution is 5.55. The van der Waals surface area contributed by atoms with Crippen LogP contribution in [0.5, 0.6) is 0 Å². The van der Waals surface area contributed by atoms with Gasteiger partial charge in [-0.25, -0.2) is 0 Å². The van der Waals surface area contributed by atoms with Crippen LogP contribution in [0.25, 0.3) is 0 Å². The van der Waals surface area contributed by atoms with Crippen LogP contribution in [0, 0.1) is 5.92 Å². The van der Waals surface area contributed by atoms with Gasteiger partial charge in [0.05, 0.1) is 0 Å². The van der Waals surface area contributed by atoms with Gasteiger partial charge in [-0.05, 0) is 50.2 Å². The molecule has 0 radical (unpaired) electrons. The molecule has 1 aliphatic rings. The molecule has 1 saturated carbocycles. The summed E-state index contributed by atoms with van der Waals surface area (Å²) in [5.74, 6) is 0.766. The highest BCUT2D eigenvalue weighted by atomic mass is 15.2. The predicted octanol–water partition coefficient (Wildman–Crippen LogP) is 3.59. The standard InChI is InChI=1S/C17H28N2/c1-13(2)10-11-19(16-8-9-16)17-7-5-4-6-15(17)12-14(3)18/h4-7,13-14,16H,8-12,18H2,1-3H3. The zero-order valence-corrected chi connectivity index (χ0v) is 12.6. The quantitative estimate of drug-likeness (QED) is 0.811. The molecule has 0 bridgehead atoms. The molecule has 0 spiro atoms. The Hall–Kier alpha value is -1.02. The molecule has 2 N–H and O–H groups in total. The van der Waals surface area contributed by atoms with E-state index in [4.69, 9.17) is 5.73 Å². The van der Waals surface area contributed by atoms with Crippen molar-refractivity contribution < 1.29 is 0 Å². The SMILES string of the molecule is CC(C)CCN(c1ccccc1CC(C)N)C1CC1. The lowest BCUT2D eigenvalue weighted by Gasteiger charge is -2.28. The van der Waals surface area contributed by atoms with Crippen LogP contribution in [0.2, 0.25) is 0 Å². The first-order valence-corrected chi connectivity index (χ1v) is 7.68. The number of para-hydroxylation sites is 1. The van der Waals surface area contributed by atoms with E-state index in [1.54, 1.807) is 0 Å². The normalized spacial score (nSPS) is 16.7. The van der Waals surface area contributed by atoms with Gasteiger partial charge in [0.2, 0.25) is 0 Å². The smallest absolute Gasteiger partial charge is 0.0401 e. The van der Waals surface area contributed by atoms with E-state index < -0.39 is 0 Å². The summed E-state index contributed by atoms with van der Waals surface area (Å²) in [4.78, 5) is 2.62. The summed E-state index contributed by atoms with van der Waals surface area (Å²) in [5.41, 5.74) is 8.82. The molecule has 0 aliphatic heterocycles. The molecule has 1 aliphatic carbocycles. The maximum Gasteiger partial charge on any atom is 0.0401 e.